The molecule has 3 amide bonds. The van der Waals surface area contributed by atoms with E-state index in [2.05, 4.69) is 16.2 Å². The number of carbonyl (C=O) groups excluding carboxylic acids is 3. The maximum Gasteiger partial charge on any atom is 0.262 e. The van der Waals surface area contributed by atoms with Crippen LogP contribution >= 0.6 is 11.6 Å². The number of methoxy groups -OCH3 is 1. The summed E-state index contributed by atoms with van der Waals surface area (Å²) in [6.07, 6.45) is 0.0805. The van der Waals surface area contributed by atoms with Gasteiger partial charge in [0.25, 0.3) is 5.91 Å². The van der Waals surface area contributed by atoms with Crippen molar-refractivity contribution in [1.29, 1.82) is 0 Å². The van der Waals surface area contributed by atoms with Crippen molar-refractivity contribution in [2.75, 3.05) is 35.9 Å². The molecule has 1 fully saturated rings. The molecule has 3 aromatic rings. The third-order valence-electron chi connectivity index (χ3n) is 6.29. The molecule has 9 nitrogen and oxygen atoms in total. The highest BCUT2D eigenvalue weighted by Crippen LogP contribution is 2.29. The summed E-state index contributed by atoms with van der Waals surface area (Å²) in [5.74, 6) is -0.371. The molecule has 0 unspecified atom stereocenters. The van der Waals surface area contributed by atoms with Crippen molar-refractivity contribution in [1.82, 2.24) is 5.43 Å². The summed E-state index contributed by atoms with van der Waals surface area (Å²) in [5.41, 5.74) is 9.40. The molecule has 0 spiro atoms. The molecule has 198 valence electrons. The van der Waals surface area contributed by atoms with E-state index in [1.54, 1.807) is 54.5 Å². The predicted octanol–water partition coefficient (Wildman–Crippen LogP) is 4.48. The van der Waals surface area contributed by atoms with Crippen molar-refractivity contribution in [3.05, 3.63) is 76.8 Å². The summed E-state index contributed by atoms with van der Waals surface area (Å²) in [5, 5.41) is 3.22. The Morgan fingerprint density at radius 2 is 1.79 bits per heavy atom. The van der Waals surface area contributed by atoms with E-state index in [4.69, 9.17) is 21.1 Å². The zero-order chi connectivity index (χ0) is 27.2. The summed E-state index contributed by atoms with van der Waals surface area (Å²) < 4.78 is 10.8. The Balaban J connectivity index is 1.33. The number of rotatable bonds is 9. The Kier molecular flexibility index (Phi) is 8.38. The number of ether oxygens (including phenoxy) is 2. The highest BCUT2D eigenvalue weighted by molar-refractivity contribution is 6.31. The van der Waals surface area contributed by atoms with Crippen molar-refractivity contribution in [3.63, 3.8) is 0 Å². The summed E-state index contributed by atoms with van der Waals surface area (Å²) in [6, 6.07) is 17.5. The van der Waals surface area contributed by atoms with Crippen LogP contribution in [-0.4, -0.2) is 38.0 Å². The Labute approximate surface area is 226 Å². The molecule has 0 bridgehead atoms. The molecule has 4 rings (SSSR count). The van der Waals surface area contributed by atoms with Gasteiger partial charge in [0.2, 0.25) is 11.8 Å². The number of halogens is 1. The second-order valence-electron chi connectivity index (χ2n) is 8.99. The van der Waals surface area contributed by atoms with Crippen LogP contribution in [0, 0.1) is 19.8 Å². The van der Waals surface area contributed by atoms with Crippen LogP contribution in [-0.2, 0) is 14.4 Å². The molecule has 0 radical (unpaired) electrons. The van der Waals surface area contributed by atoms with Crippen LogP contribution in [0.5, 0.6) is 11.5 Å². The van der Waals surface area contributed by atoms with Gasteiger partial charge in [0, 0.05) is 29.4 Å². The molecule has 10 heteroatoms. The van der Waals surface area contributed by atoms with Crippen molar-refractivity contribution < 1.29 is 23.9 Å². The fourth-order valence-corrected chi connectivity index (χ4v) is 4.18. The van der Waals surface area contributed by atoms with Crippen molar-refractivity contribution in [2.45, 2.75) is 20.3 Å². The number of nitrogens with one attached hydrogen (secondary N) is 3. The van der Waals surface area contributed by atoms with Crippen molar-refractivity contribution >= 4 is 46.4 Å². The topological polar surface area (TPSA) is 109 Å². The minimum Gasteiger partial charge on any atom is -0.497 e. The van der Waals surface area contributed by atoms with Gasteiger partial charge in [-0.25, -0.2) is 0 Å². The summed E-state index contributed by atoms with van der Waals surface area (Å²) in [4.78, 5) is 39.4. The van der Waals surface area contributed by atoms with Crippen LogP contribution in [0.3, 0.4) is 0 Å². The van der Waals surface area contributed by atoms with Gasteiger partial charge in [0.1, 0.15) is 11.5 Å². The molecule has 38 heavy (non-hydrogen) atoms. The van der Waals surface area contributed by atoms with Crippen LogP contribution in [0.4, 0.5) is 17.1 Å². The summed E-state index contributed by atoms with van der Waals surface area (Å²) in [7, 11) is 1.57. The van der Waals surface area contributed by atoms with E-state index < -0.39 is 5.92 Å². The summed E-state index contributed by atoms with van der Waals surface area (Å²) in [6.45, 7) is 3.97. The average molecular weight is 537 g/mol. The lowest BCUT2D eigenvalue weighted by atomic mass is 10.1. The van der Waals surface area contributed by atoms with E-state index in [1.807, 2.05) is 32.0 Å². The SMILES string of the molecule is COc1ccc(N2C[C@H](C(=O)NNc3cc(Cl)ccc3OCC(=O)Nc3ccc(C)c(C)c3)CC2=O)cc1. The molecule has 1 saturated heterocycles. The summed E-state index contributed by atoms with van der Waals surface area (Å²) >= 11 is 6.14. The number of benzene rings is 3. The minimum atomic E-state index is -0.551. The molecule has 1 aliphatic heterocycles. The molecule has 1 atom stereocenters. The van der Waals surface area contributed by atoms with Gasteiger partial charge in [-0.05, 0) is 79.6 Å². The van der Waals surface area contributed by atoms with Gasteiger partial charge in [-0.3, -0.25) is 25.2 Å². The highest BCUT2D eigenvalue weighted by atomic mass is 35.5. The number of nitrogens with zero attached hydrogens (tertiary/aromatic N) is 1. The largest absolute Gasteiger partial charge is 0.497 e. The second-order valence-corrected chi connectivity index (χ2v) is 9.43. The van der Waals surface area contributed by atoms with Crippen molar-refractivity contribution in [3.8, 4) is 11.5 Å². The smallest absolute Gasteiger partial charge is 0.262 e. The van der Waals surface area contributed by atoms with Gasteiger partial charge in [0.15, 0.2) is 6.61 Å². The monoisotopic (exact) mass is 536 g/mol. The Bertz CT molecular complexity index is 1350. The molecule has 0 aliphatic carbocycles. The van der Waals surface area contributed by atoms with Gasteiger partial charge in [-0.2, -0.15) is 0 Å². The van der Waals surface area contributed by atoms with Crippen LogP contribution < -0.4 is 30.5 Å². The minimum absolute atomic E-state index is 0.0805. The first-order valence-electron chi connectivity index (χ1n) is 12.0. The molecule has 3 aromatic carbocycles. The predicted molar refractivity (Wildman–Crippen MR) is 147 cm³/mol. The van der Waals surface area contributed by atoms with E-state index in [0.29, 0.717) is 33.6 Å². The average Bonchev–Trinajstić information content (AvgIpc) is 3.30. The van der Waals surface area contributed by atoms with Gasteiger partial charge in [0.05, 0.1) is 18.7 Å². The number of amides is 3. The van der Waals surface area contributed by atoms with Gasteiger partial charge >= 0.3 is 0 Å². The maximum absolute atomic E-state index is 12.8. The number of hydrogen-bond donors (Lipinski definition) is 3. The van der Waals surface area contributed by atoms with Crippen LogP contribution in [0.2, 0.25) is 5.02 Å². The molecule has 3 N–H and O–H groups in total. The highest BCUT2D eigenvalue weighted by Gasteiger charge is 2.35. The zero-order valence-electron chi connectivity index (χ0n) is 21.3. The quantitative estimate of drug-likeness (QED) is 0.348. The van der Waals surface area contributed by atoms with Crippen molar-refractivity contribution in [2.24, 2.45) is 5.92 Å². The molecule has 1 heterocycles. The zero-order valence-corrected chi connectivity index (χ0v) is 22.1. The number of aryl methyl sites for hydroxylation is 2. The molecule has 1 aliphatic rings. The number of anilines is 3. The van der Waals surface area contributed by atoms with E-state index in [1.165, 1.54) is 0 Å². The molecule has 0 aromatic heterocycles. The molecular weight excluding hydrogens is 508 g/mol. The number of carbonyl (C=O) groups is 3. The molecule has 0 saturated carbocycles. The van der Waals surface area contributed by atoms with E-state index in [0.717, 1.165) is 11.1 Å². The third-order valence-corrected chi connectivity index (χ3v) is 6.53. The number of hydrazine groups is 1. The normalized spacial score (nSPS) is 14.7. The Morgan fingerprint density at radius 1 is 1.03 bits per heavy atom. The first-order chi connectivity index (χ1) is 18.2. The van der Waals surface area contributed by atoms with Gasteiger partial charge in [-0.15, -0.1) is 0 Å². The standard InChI is InChI=1S/C28H29ClN4O5/c1-17-4-6-21(12-18(17)2)30-26(34)16-38-25-11-5-20(29)14-24(25)31-32-28(36)19-13-27(35)33(15-19)22-7-9-23(37-3)10-8-22/h4-12,14,19,31H,13,15-16H2,1-3H3,(H,30,34)(H,32,36)/t19-/m1/s1. The van der Waals surface area contributed by atoms with Gasteiger partial charge < -0.3 is 19.7 Å². The third kappa shape index (κ3) is 6.54. The fourth-order valence-electron chi connectivity index (χ4n) is 4.01. The molecular formula is C28H29ClN4O5. The Hall–Kier alpha value is -4.24. The number of hydrogen-bond acceptors (Lipinski definition) is 6. The lowest BCUT2D eigenvalue weighted by Gasteiger charge is -2.18. The van der Waals surface area contributed by atoms with Crippen LogP contribution in [0.15, 0.2) is 60.7 Å². The lowest BCUT2D eigenvalue weighted by molar-refractivity contribution is -0.125. The first kappa shape index (κ1) is 26.8. The first-order valence-corrected chi connectivity index (χ1v) is 12.4. The van der Waals surface area contributed by atoms with E-state index in [9.17, 15) is 14.4 Å². The van der Waals surface area contributed by atoms with Crippen LogP contribution in [0.25, 0.3) is 0 Å². The van der Waals surface area contributed by atoms with E-state index >= 15 is 0 Å². The maximum atomic E-state index is 12.8. The van der Waals surface area contributed by atoms with Crippen LogP contribution in [0.1, 0.15) is 17.5 Å². The van der Waals surface area contributed by atoms with Gasteiger partial charge in [-0.1, -0.05) is 17.7 Å². The lowest BCUT2D eigenvalue weighted by Crippen LogP contribution is -2.36. The second kappa shape index (κ2) is 11.9. The van der Waals surface area contributed by atoms with E-state index in [-0.39, 0.29) is 37.3 Å². The Morgan fingerprint density at radius 3 is 2.50 bits per heavy atom. The fraction of sp³-hybridized carbons (Fsp3) is 0.250.